The van der Waals surface area contributed by atoms with Gasteiger partial charge >= 0.3 is 0 Å². The van der Waals surface area contributed by atoms with Crippen molar-refractivity contribution >= 4 is 11.9 Å². The molecule has 0 bridgehead atoms. The Balaban J connectivity index is 1.50. The maximum Gasteiger partial charge on any atom is 0.255 e. The highest BCUT2D eigenvalue weighted by Crippen LogP contribution is 2.47. The van der Waals surface area contributed by atoms with E-state index in [1.807, 2.05) is 0 Å². The molecule has 25 heavy (non-hydrogen) atoms. The number of phenols is 1. The van der Waals surface area contributed by atoms with Crippen LogP contribution in [0.15, 0.2) is 29.3 Å². The molecule has 0 radical (unpaired) electrons. The summed E-state index contributed by atoms with van der Waals surface area (Å²) in [6.45, 7) is 6.04. The molecule has 6 heteroatoms. The predicted molar refractivity (Wildman–Crippen MR) is 98.9 cm³/mol. The van der Waals surface area contributed by atoms with E-state index in [1.165, 1.54) is 31.7 Å². The summed E-state index contributed by atoms with van der Waals surface area (Å²) < 4.78 is 0. The Kier molecular flexibility index (Phi) is 5.46. The molecule has 1 aliphatic heterocycles. The largest absolute Gasteiger partial charge is 0.507 e. The second-order valence-corrected chi connectivity index (χ2v) is 7.03. The number of amides is 1. The summed E-state index contributed by atoms with van der Waals surface area (Å²) in [6, 6.07) is 6.56. The van der Waals surface area contributed by atoms with Gasteiger partial charge in [-0.15, -0.1) is 0 Å². The molecular weight excluding hydrogens is 316 g/mol. The molecule has 1 aromatic rings. The Morgan fingerprint density at radius 2 is 2.08 bits per heavy atom. The standard InChI is InChI=1S/C19H28N4O2/c1-2-20-18(23-13-10-19(14-23)8-5-9-19)22-12-11-21-17(25)15-6-3-4-7-16(15)24/h3-4,6-7,24H,2,5,8-14H2,1H3,(H,20,22)(H,21,25). The van der Waals surface area contributed by atoms with Crippen molar-refractivity contribution in [3.05, 3.63) is 29.8 Å². The number of benzene rings is 1. The van der Waals surface area contributed by atoms with Gasteiger partial charge in [0.05, 0.1) is 12.1 Å². The smallest absolute Gasteiger partial charge is 0.255 e. The van der Waals surface area contributed by atoms with Crippen molar-refractivity contribution in [3.8, 4) is 5.75 Å². The molecule has 0 atom stereocenters. The lowest BCUT2D eigenvalue weighted by molar-refractivity contribution is 0.0952. The number of aromatic hydroxyl groups is 1. The van der Waals surface area contributed by atoms with Crippen molar-refractivity contribution in [2.45, 2.75) is 32.6 Å². The van der Waals surface area contributed by atoms with Gasteiger partial charge in [-0.05, 0) is 43.7 Å². The van der Waals surface area contributed by atoms with E-state index in [1.54, 1.807) is 18.2 Å². The third-order valence-electron chi connectivity index (χ3n) is 5.29. The molecule has 0 unspecified atom stereocenters. The van der Waals surface area contributed by atoms with E-state index in [9.17, 15) is 9.90 Å². The highest BCUT2D eigenvalue weighted by Gasteiger charge is 2.43. The molecule has 1 heterocycles. The van der Waals surface area contributed by atoms with E-state index in [0.29, 0.717) is 24.1 Å². The third-order valence-corrected chi connectivity index (χ3v) is 5.29. The average Bonchev–Trinajstić information content (AvgIpc) is 3.04. The number of phenolic OH excluding ortho intramolecular Hbond substituents is 1. The van der Waals surface area contributed by atoms with Gasteiger partial charge in [0.2, 0.25) is 0 Å². The number of rotatable bonds is 5. The first kappa shape index (κ1) is 17.6. The molecule has 1 amide bonds. The van der Waals surface area contributed by atoms with Crippen LogP contribution in [-0.4, -0.2) is 54.6 Å². The number of hydrogen-bond donors (Lipinski definition) is 3. The van der Waals surface area contributed by atoms with Gasteiger partial charge in [0.1, 0.15) is 5.75 Å². The molecule has 1 saturated heterocycles. The number of carbonyl (C=O) groups excluding carboxylic acids is 1. The number of hydrogen-bond acceptors (Lipinski definition) is 3. The molecule has 136 valence electrons. The summed E-state index contributed by atoms with van der Waals surface area (Å²) in [6.07, 6.45) is 5.32. The normalized spacial score (nSPS) is 18.9. The first-order valence-electron chi connectivity index (χ1n) is 9.23. The first-order valence-corrected chi connectivity index (χ1v) is 9.23. The van der Waals surface area contributed by atoms with Crippen LogP contribution in [0.1, 0.15) is 43.0 Å². The van der Waals surface area contributed by atoms with Gasteiger partial charge in [-0.25, -0.2) is 0 Å². The van der Waals surface area contributed by atoms with Crippen LogP contribution >= 0.6 is 0 Å². The molecule has 1 spiro atoms. The molecule has 1 aromatic carbocycles. The minimum absolute atomic E-state index is 0.000275. The fourth-order valence-corrected chi connectivity index (χ4v) is 3.72. The van der Waals surface area contributed by atoms with Crippen LogP contribution in [0.25, 0.3) is 0 Å². The molecule has 2 fully saturated rings. The SMILES string of the molecule is CCNC(=NCCNC(=O)c1ccccc1O)N1CCC2(CCC2)C1. The number of nitrogens with zero attached hydrogens (tertiary/aromatic N) is 2. The van der Waals surface area contributed by atoms with Crippen LogP contribution in [0.4, 0.5) is 0 Å². The van der Waals surface area contributed by atoms with Crippen molar-refractivity contribution in [3.63, 3.8) is 0 Å². The predicted octanol–water partition coefficient (Wildman–Crippen LogP) is 1.96. The van der Waals surface area contributed by atoms with Gasteiger partial charge in [-0.2, -0.15) is 0 Å². The minimum Gasteiger partial charge on any atom is -0.507 e. The number of aliphatic imine (C=N–C) groups is 1. The van der Waals surface area contributed by atoms with Gasteiger partial charge < -0.3 is 20.6 Å². The molecule has 2 aliphatic rings. The number of para-hydroxylation sites is 1. The number of carbonyl (C=O) groups is 1. The van der Waals surface area contributed by atoms with Crippen LogP contribution in [-0.2, 0) is 0 Å². The Morgan fingerprint density at radius 1 is 1.28 bits per heavy atom. The third kappa shape index (κ3) is 4.06. The Morgan fingerprint density at radius 3 is 2.72 bits per heavy atom. The van der Waals surface area contributed by atoms with Crippen LogP contribution in [0, 0.1) is 5.41 Å². The summed E-state index contributed by atoms with van der Waals surface area (Å²) in [7, 11) is 0. The number of guanidine groups is 1. The molecule has 6 nitrogen and oxygen atoms in total. The van der Waals surface area contributed by atoms with Crippen molar-refractivity contribution in [1.82, 2.24) is 15.5 Å². The highest BCUT2D eigenvalue weighted by atomic mass is 16.3. The van der Waals surface area contributed by atoms with Crippen molar-refractivity contribution in [2.75, 3.05) is 32.7 Å². The first-order chi connectivity index (χ1) is 12.1. The van der Waals surface area contributed by atoms with E-state index in [0.717, 1.165) is 25.6 Å². The van der Waals surface area contributed by atoms with Gasteiger partial charge in [0.15, 0.2) is 5.96 Å². The second kappa shape index (κ2) is 7.76. The van der Waals surface area contributed by atoms with Gasteiger partial charge in [0.25, 0.3) is 5.91 Å². The lowest BCUT2D eigenvalue weighted by Gasteiger charge is -2.38. The van der Waals surface area contributed by atoms with Gasteiger partial charge in [0, 0.05) is 26.2 Å². The molecule has 0 aromatic heterocycles. The van der Waals surface area contributed by atoms with Gasteiger partial charge in [-0.3, -0.25) is 9.79 Å². The van der Waals surface area contributed by atoms with Crippen LogP contribution in [0.3, 0.4) is 0 Å². The molecule has 3 rings (SSSR count). The summed E-state index contributed by atoms with van der Waals surface area (Å²) in [4.78, 5) is 19.1. The Labute approximate surface area is 149 Å². The average molecular weight is 344 g/mol. The zero-order valence-electron chi connectivity index (χ0n) is 14.9. The number of nitrogens with one attached hydrogen (secondary N) is 2. The molecule has 1 aliphatic carbocycles. The monoisotopic (exact) mass is 344 g/mol. The minimum atomic E-state index is -0.270. The van der Waals surface area contributed by atoms with E-state index in [-0.39, 0.29) is 11.7 Å². The molecule has 1 saturated carbocycles. The summed E-state index contributed by atoms with van der Waals surface area (Å²) in [5, 5.41) is 15.9. The Hall–Kier alpha value is -2.24. The van der Waals surface area contributed by atoms with Crippen LogP contribution in [0.5, 0.6) is 5.75 Å². The van der Waals surface area contributed by atoms with E-state index in [2.05, 4.69) is 27.4 Å². The van der Waals surface area contributed by atoms with Crippen molar-refractivity contribution in [1.29, 1.82) is 0 Å². The summed E-state index contributed by atoms with van der Waals surface area (Å²) >= 11 is 0. The Bertz CT molecular complexity index is 640. The molecule has 3 N–H and O–H groups in total. The topological polar surface area (TPSA) is 77.0 Å². The zero-order chi connectivity index (χ0) is 17.7. The van der Waals surface area contributed by atoms with Crippen LogP contribution < -0.4 is 10.6 Å². The fourth-order valence-electron chi connectivity index (χ4n) is 3.72. The summed E-state index contributed by atoms with van der Waals surface area (Å²) in [5.74, 6) is 0.677. The second-order valence-electron chi connectivity index (χ2n) is 7.03. The lowest BCUT2D eigenvalue weighted by Crippen LogP contribution is -2.43. The molecular formula is C19H28N4O2. The van der Waals surface area contributed by atoms with E-state index < -0.39 is 0 Å². The van der Waals surface area contributed by atoms with E-state index >= 15 is 0 Å². The zero-order valence-corrected chi connectivity index (χ0v) is 14.9. The van der Waals surface area contributed by atoms with Gasteiger partial charge in [-0.1, -0.05) is 18.6 Å². The quantitative estimate of drug-likeness (QED) is 0.434. The summed E-state index contributed by atoms with van der Waals surface area (Å²) in [5.41, 5.74) is 0.833. The number of likely N-dealkylation sites (tertiary alicyclic amines) is 1. The van der Waals surface area contributed by atoms with Crippen molar-refractivity contribution < 1.29 is 9.90 Å². The van der Waals surface area contributed by atoms with Crippen molar-refractivity contribution in [2.24, 2.45) is 10.4 Å². The maximum atomic E-state index is 12.1. The van der Waals surface area contributed by atoms with E-state index in [4.69, 9.17) is 0 Å². The maximum absolute atomic E-state index is 12.1. The fraction of sp³-hybridized carbons (Fsp3) is 0.579. The lowest BCUT2D eigenvalue weighted by atomic mass is 9.68. The highest BCUT2D eigenvalue weighted by molar-refractivity contribution is 5.96. The van der Waals surface area contributed by atoms with Crippen LogP contribution in [0.2, 0.25) is 0 Å².